The smallest absolute Gasteiger partial charge is 0.0292 e. The summed E-state index contributed by atoms with van der Waals surface area (Å²) in [5, 5.41) is 0. The summed E-state index contributed by atoms with van der Waals surface area (Å²) in [5.41, 5.74) is 5.82. The lowest BCUT2D eigenvalue weighted by Crippen LogP contribution is -2.48. The highest BCUT2D eigenvalue weighted by atomic mass is 32.2. The van der Waals surface area contributed by atoms with Gasteiger partial charge < -0.3 is 5.73 Å². The molecule has 72 valence electrons. The van der Waals surface area contributed by atoms with Crippen molar-refractivity contribution in [2.45, 2.75) is 50.0 Å². The van der Waals surface area contributed by atoms with E-state index < -0.39 is 0 Å². The van der Waals surface area contributed by atoms with Crippen molar-refractivity contribution in [2.75, 3.05) is 6.54 Å². The molecular weight excluding hydrogens is 166 g/mol. The van der Waals surface area contributed by atoms with Crippen molar-refractivity contribution in [1.29, 1.82) is 0 Å². The van der Waals surface area contributed by atoms with E-state index >= 15 is 0 Å². The van der Waals surface area contributed by atoms with Crippen LogP contribution in [-0.4, -0.2) is 16.0 Å². The number of hydrogen-bond acceptors (Lipinski definition) is 2. The van der Waals surface area contributed by atoms with E-state index in [4.69, 9.17) is 5.73 Å². The Morgan fingerprint density at radius 1 is 1.42 bits per heavy atom. The van der Waals surface area contributed by atoms with Gasteiger partial charge in [0.25, 0.3) is 0 Å². The van der Waals surface area contributed by atoms with Gasteiger partial charge in [0, 0.05) is 16.0 Å². The maximum absolute atomic E-state index is 5.82. The van der Waals surface area contributed by atoms with Crippen LogP contribution in [0.1, 0.15) is 40.5 Å². The monoisotopic (exact) mass is 187 g/mol. The van der Waals surface area contributed by atoms with E-state index in [9.17, 15) is 0 Å². The van der Waals surface area contributed by atoms with E-state index in [0.717, 1.165) is 12.5 Å². The van der Waals surface area contributed by atoms with Crippen molar-refractivity contribution in [3.05, 3.63) is 0 Å². The number of thioether (sulfide) groups is 1. The van der Waals surface area contributed by atoms with Crippen molar-refractivity contribution in [3.8, 4) is 0 Å². The summed E-state index contributed by atoms with van der Waals surface area (Å²) in [4.78, 5) is 0. The molecule has 0 saturated heterocycles. The molecule has 1 nitrogen and oxygen atoms in total. The lowest BCUT2D eigenvalue weighted by Gasteiger charge is -2.48. The predicted octanol–water partition coefficient (Wildman–Crippen LogP) is 2.65. The van der Waals surface area contributed by atoms with E-state index in [-0.39, 0.29) is 0 Å². The molecule has 1 rings (SSSR count). The standard InChI is InChI=1S/C10H21NS/c1-8-5-10(6-8,7-11)12-9(2,3)4/h8H,5-7,11H2,1-4H3. The van der Waals surface area contributed by atoms with Crippen molar-refractivity contribution in [2.24, 2.45) is 11.7 Å². The molecule has 0 aliphatic heterocycles. The van der Waals surface area contributed by atoms with E-state index in [1.165, 1.54) is 12.8 Å². The van der Waals surface area contributed by atoms with Crippen LogP contribution < -0.4 is 5.73 Å². The van der Waals surface area contributed by atoms with E-state index in [0.29, 0.717) is 9.49 Å². The van der Waals surface area contributed by atoms with Crippen LogP contribution in [0.2, 0.25) is 0 Å². The van der Waals surface area contributed by atoms with Crippen LogP contribution in [0.5, 0.6) is 0 Å². The fourth-order valence-electron chi connectivity index (χ4n) is 2.15. The molecule has 1 aliphatic rings. The van der Waals surface area contributed by atoms with Gasteiger partial charge in [-0.25, -0.2) is 0 Å². The number of nitrogens with two attached hydrogens (primary N) is 1. The summed E-state index contributed by atoms with van der Waals surface area (Å²) in [6.45, 7) is 9.99. The summed E-state index contributed by atoms with van der Waals surface area (Å²) in [6, 6.07) is 0. The number of rotatable bonds is 2. The lowest BCUT2D eigenvalue weighted by atomic mass is 9.75. The summed E-state index contributed by atoms with van der Waals surface area (Å²) in [6.07, 6.45) is 2.62. The minimum absolute atomic E-state index is 0.361. The molecule has 12 heavy (non-hydrogen) atoms. The van der Waals surface area contributed by atoms with Gasteiger partial charge in [0.15, 0.2) is 0 Å². The minimum Gasteiger partial charge on any atom is -0.329 e. The Morgan fingerprint density at radius 3 is 2.17 bits per heavy atom. The molecule has 0 aromatic rings. The summed E-state index contributed by atoms with van der Waals surface area (Å²) in [7, 11) is 0. The van der Waals surface area contributed by atoms with Crippen LogP contribution in [0, 0.1) is 5.92 Å². The first-order valence-corrected chi connectivity index (χ1v) is 5.59. The highest BCUT2D eigenvalue weighted by Gasteiger charge is 2.43. The molecule has 0 amide bonds. The summed E-state index contributed by atoms with van der Waals surface area (Å²) < 4.78 is 0.775. The zero-order valence-electron chi connectivity index (χ0n) is 8.68. The highest BCUT2D eigenvalue weighted by molar-refractivity contribution is 8.02. The van der Waals surface area contributed by atoms with Gasteiger partial charge in [-0.2, -0.15) is 0 Å². The Bertz CT molecular complexity index is 154. The molecule has 0 spiro atoms. The van der Waals surface area contributed by atoms with Gasteiger partial charge in [-0.3, -0.25) is 0 Å². The van der Waals surface area contributed by atoms with Crippen LogP contribution in [-0.2, 0) is 0 Å². The molecule has 0 radical (unpaired) electrons. The van der Waals surface area contributed by atoms with E-state index in [1.54, 1.807) is 0 Å². The largest absolute Gasteiger partial charge is 0.329 e. The van der Waals surface area contributed by atoms with Crippen molar-refractivity contribution in [1.82, 2.24) is 0 Å². The Morgan fingerprint density at radius 2 is 1.92 bits per heavy atom. The molecule has 0 aromatic heterocycles. The molecule has 1 fully saturated rings. The molecular formula is C10H21NS. The highest BCUT2D eigenvalue weighted by Crippen LogP contribution is 2.51. The zero-order valence-corrected chi connectivity index (χ0v) is 9.50. The fourth-order valence-corrected chi connectivity index (χ4v) is 4.27. The molecule has 2 heteroatoms. The van der Waals surface area contributed by atoms with E-state index in [2.05, 4.69) is 39.5 Å². The second-order valence-electron chi connectivity index (χ2n) is 5.11. The van der Waals surface area contributed by atoms with Gasteiger partial charge in [0.1, 0.15) is 0 Å². The minimum atomic E-state index is 0.361. The summed E-state index contributed by atoms with van der Waals surface area (Å²) in [5.74, 6) is 0.892. The van der Waals surface area contributed by atoms with Gasteiger partial charge in [0.05, 0.1) is 0 Å². The van der Waals surface area contributed by atoms with Gasteiger partial charge in [-0.1, -0.05) is 27.7 Å². The van der Waals surface area contributed by atoms with Gasteiger partial charge in [-0.05, 0) is 18.8 Å². The Balaban J connectivity index is 2.48. The second-order valence-corrected chi connectivity index (χ2v) is 7.41. The van der Waals surface area contributed by atoms with Crippen LogP contribution in [0.25, 0.3) is 0 Å². The molecule has 0 bridgehead atoms. The van der Waals surface area contributed by atoms with Gasteiger partial charge in [0.2, 0.25) is 0 Å². The predicted molar refractivity (Wildman–Crippen MR) is 57.5 cm³/mol. The van der Waals surface area contributed by atoms with Crippen molar-refractivity contribution in [3.63, 3.8) is 0 Å². The third kappa shape index (κ3) is 2.40. The first-order valence-electron chi connectivity index (χ1n) is 4.77. The quantitative estimate of drug-likeness (QED) is 0.719. The zero-order chi connectivity index (χ0) is 9.41. The van der Waals surface area contributed by atoms with Crippen LogP contribution in [0.4, 0.5) is 0 Å². The fraction of sp³-hybridized carbons (Fsp3) is 1.00. The molecule has 0 aromatic carbocycles. The maximum atomic E-state index is 5.82. The van der Waals surface area contributed by atoms with Crippen LogP contribution >= 0.6 is 11.8 Å². The average molecular weight is 187 g/mol. The Labute approximate surface area is 80.5 Å². The third-order valence-corrected chi connectivity index (χ3v) is 3.88. The molecule has 1 aliphatic carbocycles. The Kier molecular flexibility index (Phi) is 2.79. The van der Waals surface area contributed by atoms with Crippen molar-refractivity contribution >= 4 is 11.8 Å². The maximum Gasteiger partial charge on any atom is 0.0292 e. The molecule has 0 unspecified atom stereocenters. The van der Waals surface area contributed by atoms with Crippen LogP contribution in [0.3, 0.4) is 0 Å². The van der Waals surface area contributed by atoms with Gasteiger partial charge in [-0.15, -0.1) is 11.8 Å². The Hall–Kier alpha value is 0.310. The SMILES string of the molecule is CC1CC(CN)(SC(C)(C)C)C1. The first-order chi connectivity index (χ1) is 5.37. The molecule has 0 heterocycles. The van der Waals surface area contributed by atoms with Gasteiger partial charge >= 0.3 is 0 Å². The third-order valence-electron chi connectivity index (χ3n) is 2.34. The average Bonchev–Trinajstić information content (AvgIpc) is 1.80. The summed E-state index contributed by atoms with van der Waals surface area (Å²) >= 11 is 2.07. The topological polar surface area (TPSA) is 26.0 Å². The normalized spacial score (nSPS) is 36.2. The molecule has 1 saturated carbocycles. The second kappa shape index (κ2) is 3.22. The van der Waals surface area contributed by atoms with E-state index in [1.807, 2.05) is 0 Å². The molecule has 0 atom stereocenters. The van der Waals surface area contributed by atoms with Crippen LogP contribution in [0.15, 0.2) is 0 Å². The van der Waals surface area contributed by atoms with Crippen molar-refractivity contribution < 1.29 is 0 Å². The number of hydrogen-bond donors (Lipinski definition) is 1. The first kappa shape index (κ1) is 10.4. The molecule has 2 N–H and O–H groups in total. The lowest BCUT2D eigenvalue weighted by molar-refractivity contribution is 0.255.